The molecule has 0 spiro atoms. The fraction of sp³-hybridized carbons (Fsp3) is 0.667. The molecular weight excluding hydrogens is 252 g/mol. The van der Waals surface area contributed by atoms with E-state index in [0.717, 1.165) is 32.0 Å². The van der Waals surface area contributed by atoms with Gasteiger partial charge in [0.15, 0.2) is 0 Å². The lowest BCUT2D eigenvalue weighted by atomic mass is 10.1. The number of piperazine rings is 1. The average molecular weight is 278 g/mol. The summed E-state index contributed by atoms with van der Waals surface area (Å²) in [5.41, 5.74) is 6.70. The Morgan fingerprint density at radius 2 is 1.85 bits per heavy atom. The number of rotatable bonds is 3. The minimum absolute atomic E-state index is 0.233. The highest BCUT2D eigenvalue weighted by atomic mass is 16.5. The predicted octanol–water partition coefficient (Wildman–Crippen LogP) is 1.98. The summed E-state index contributed by atoms with van der Waals surface area (Å²) in [7, 11) is 0. The molecule has 1 aromatic heterocycles. The molecule has 0 aromatic carbocycles. The van der Waals surface area contributed by atoms with Crippen molar-refractivity contribution in [3.8, 4) is 5.88 Å². The lowest BCUT2D eigenvalue weighted by Crippen LogP contribution is -2.53. The van der Waals surface area contributed by atoms with Crippen LogP contribution in [0.5, 0.6) is 5.88 Å². The third-order valence-electron chi connectivity index (χ3n) is 3.71. The van der Waals surface area contributed by atoms with Crippen LogP contribution in [0.2, 0.25) is 0 Å². The van der Waals surface area contributed by atoms with Gasteiger partial charge in [-0.15, -0.1) is 0 Å². The summed E-state index contributed by atoms with van der Waals surface area (Å²) in [4.78, 5) is 9.33. The number of hydrogen-bond acceptors (Lipinski definition) is 5. The highest BCUT2D eigenvalue weighted by molar-refractivity contribution is 5.54. The Morgan fingerprint density at radius 3 is 2.40 bits per heavy atom. The molecule has 0 unspecified atom stereocenters. The first kappa shape index (κ1) is 14.9. The minimum Gasteiger partial charge on any atom is -0.476 e. The van der Waals surface area contributed by atoms with Crippen LogP contribution >= 0.6 is 0 Å². The fourth-order valence-electron chi connectivity index (χ4n) is 2.48. The molecule has 0 radical (unpaired) electrons. The highest BCUT2D eigenvalue weighted by Gasteiger charge is 2.26. The molecular formula is C15H26N4O. The molecule has 2 heterocycles. The number of pyridine rings is 1. The summed E-state index contributed by atoms with van der Waals surface area (Å²) in [5.74, 6) is 1.50. The standard InChI is InChI=1S/C15H26N4O/c1-5-20-14-12(16)6-7-13(17-14)18-8-10-19(11-9-18)15(2,3)4/h6-7H,5,8-11,16H2,1-4H3. The summed E-state index contributed by atoms with van der Waals surface area (Å²) in [6.07, 6.45) is 0. The van der Waals surface area contributed by atoms with Crippen LogP contribution in [0.1, 0.15) is 27.7 Å². The molecule has 5 heteroatoms. The van der Waals surface area contributed by atoms with Gasteiger partial charge in [0.2, 0.25) is 5.88 Å². The molecule has 1 aliphatic rings. The van der Waals surface area contributed by atoms with E-state index in [1.54, 1.807) is 0 Å². The third kappa shape index (κ3) is 3.33. The molecule has 2 rings (SSSR count). The van der Waals surface area contributed by atoms with Crippen molar-refractivity contribution in [2.45, 2.75) is 33.2 Å². The molecule has 0 aliphatic carbocycles. The zero-order valence-electron chi connectivity index (χ0n) is 13.0. The molecule has 1 saturated heterocycles. The van der Waals surface area contributed by atoms with Gasteiger partial charge in [-0.1, -0.05) is 0 Å². The Morgan fingerprint density at radius 1 is 1.20 bits per heavy atom. The number of aromatic nitrogens is 1. The molecule has 1 aromatic rings. The van der Waals surface area contributed by atoms with E-state index in [-0.39, 0.29) is 5.54 Å². The van der Waals surface area contributed by atoms with Crippen molar-refractivity contribution < 1.29 is 4.74 Å². The van der Waals surface area contributed by atoms with Crippen molar-refractivity contribution >= 4 is 11.5 Å². The summed E-state index contributed by atoms with van der Waals surface area (Å²) >= 11 is 0. The normalized spacial score (nSPS) is 17.3. The van der Waals surface area contributed by atoms with E-state index in [4.69, 9.17) is 10.5 Å². The van der Waals surface area contributed by atoms with Crippen LogP contribution in [0, 0.1) is 0 Å². The van der Waals surface area contributed by atoms with Gasteiger partial charge in [0.1, 0.15) is 5.82 Å². The van der Waals surface area contributed by atoms with Crippen LogP contribution in [-0.2, 0) is 0 Å². The summed E-state index contributed by atoms with van der Waals surface area (Å²) in [6.45, 7) is 13.4. The molecule has 112 valence electrons. The first-order chi connectivity index (χ1) is 9.41. The SMILES string of the molecule is CCOc1nc(N2CCN(C(C)(C)C)CC2)ccc1N. The average Bonchev–Trinajstić information content (AvgIpc) is 2.41. The van der Waals surface area contributed by atoms with E-state index in [1.807, 2.05) is 19.1 Å². The van der Waals surface area contributed by atoms with Crippen LogP contribution in [0.4, 0.5) is 11.5 Å². The second kappa shape index (κ2) is 5.87. The number of nitrogens with two attached hydrogens (primary N) is 1. The smallest absolute Gasteiger partial charge is 0.239 e. The van der Waals surface area contributed by atoms with E-state index in [9.17, 15) is 0 Å². The number of ether oxygens (including phenoxy) is 1. The predicted molar refractivity (Wildman–Crippen MR) is 83.4 cm³/mol. The van der Waals surface area contributed by atoms with Crippen molar-refractivity contribution in [3.63, 3.8) is 0 Å². The number of hydrogen-bond donors (Lipinski definition) is 1. The van der Waals surface area contributed by atoms with Gasteiger partial charge >= 0.3 is 0 Å². The van der Waals surface area contributed by atoms with Gasteiger partial charge in [0.05, 0.1) is 12.3 Å². The molecule has 0 amide bonds. The largest absolute Gasteiger partial charge is 0.476 e. The Labute approximate surface area is 121 Å². The molecule has 20 heavy (non-hydrogen) atoms. The fourth-order valence-corrected chi connectivity index (χ4v) is 2.48. The molecule has 5 nitrogen and oxygen atoms in total. The summed E-state index contributed by atoms with van der Waals surface area (Å²) < 4.78 is 5.47. The lowest BCUT2D eigenvalue weighted by molar-refractivity contribution is 0.128. The summed E-state index contributed by atoms with van der Waals surface area (Å²) in [5, 5.41) is 0. The van der Waals surface area contributed by atoms with Gasteiger partial charge in [-0.2, -0.15) is 4.98 Å². The Balaban J connectivity index is 2.05. The van der Waals surface area contributed by atoms with Gasteiger partial charge in [0, 0.05) is 31.7 Å². The van der Waals surface area contributed by atoms with Crippen LogP contribution < -0.4 is 15.4 Å². The van der Waals surface area contributed by atoms with Gasteiger partial charge in [-0.05, 0) is 39.8 Å². The van der Waals surface area contributed by atoms with Crippen molar-refractivity contribution in [2.75, 3.05) is 43.4 Å². The van der Waals surface area contributed by atoms with Gasteiger partial charge in [0.25, 0.3) is 0 Å². The third-order valence-corrected chi connectivity index (χ3v) is 3.71. The second-order valence-corrected chi connectivity index (χ2v) is 6.14. The first-order valence-corrected chi connectivity index (χ1v) is 7.31. The molecule has 0 saturated carbocycles. The molecule has 0 atom stereocenters. The van der Waals surface area contributed by atoms with Crippen LogP contribution in [0.25, 0.3) is 0 Å². The molecule has 2 N–H and O–H groups in total. The molecule has 1 fully saturated rings. The Hall–Kier alpha value is -1.49. The van der Waals surface area contributed by atoms with E-state index in [2.05, 4.69) is 35.6 Å². The maximum atomic E-state index is 5.87. The van der Waals surface area contributed by atoms with Crippen LogP contribution in [0.3, 0.4) is 0 Å². The van der Waals surface area contributed by atoms with Gasteiger partial charge < -0.3 is 15.4 Å². The first-order valence-electron chi connectivity index (χ1n) is 7.31. The topological polar surface area (TPSA) is 54.6 Å². The monoisotopic (exact) mass is 278 g/mol. The maximum Gasteiger partial charge on any atom is 0.239 e. The maximum absolute atomic E-state index is 5.87. The lowest BCUT2D eigenvalue weighted by Gasteiger charge is -2.42. The van der Waals surface area contributed by atoms with Crippen molar-refractivity contribution in [1.29, 1.82) is 0 Å². The van der Waals surface area contributed by atoms with E-state index >= 15 is 0 Å². The highest BCUT2D eigenvalue weighted by Crippen LogP contribution is 2.25. The summed E-state index contributed by atoms with van der Waals surface area (Å²) in [6, 6.07) is 3.86. The van der Waals surface area contributed by atoms with Crippen LogP contribution in [0.15, 0.2) is 12.1 Å². The zero-order valence-corrected chi connectivity index (χ0v) is 13.0. The quantitative estimate of drug-likeness (QED) is 0.916. The van der Waals surface area contributed by atoms with Crippen molar-refractivity contribution in [3.05, 3.63) is 12.1 Å². The van der Waals surface area contributed by atoms with Crippen LogP contribution in [-0.4, -0.2) is 48.2 Å². The second-order valence-electron chi connectivity index (χ2n) is 6.14. The minimum atomic E-state index is 0.233. The van der Waals surface area contributed by atoms with Crippen molar-refractivity contribution in [2.24, 2.45) is 0 Å². The van der Waals surface area contributed by atoms with Gasteiger partial charge in [-0.3, -0.25) is 4.90 Å². The van der Waals surface area contributed by atoms with E-state index in [1.165, 1.54) is 0 Å². The molecule has 1 aliphatic heterocycles. The van der Waals surface area contributed by atoms with E-state index < -0.39 is 0 Å². The number of nitrogens with zero attached hydrogens (tertiary/aromatic N) is 3. The zero-order chi connectivity index (χ0) is 14.8. The number of anilines is 2. The Bertz CT molecular complexity index is 448. The van der Waals surface area contributed by atoms with Gasteiger partial charge in [-0.25, -0.2) is 0 Å². The number of nitrogen functional groups attached to an aromatic ring is 1. The van der Waals surface area contributed by atoms with E-state index in [0.29, 0.717) is 18.2 Å². The Kier molecular flexibility index (Phi) is 4.38. The molecule has 0 bridgehead atoms. The van der Waals surface area contributed by atoms with Crippen molar-refractivity contribution in [1.82, 2.24) is 9.88 Å².